The molecule has 0 atom stereocenters. The molecule has 0 saturated heterocycles. The lowest BCUT2D eigenvalue weighted by Crippen LogP contribution is -1.73. The molecule has 12 heavy (non-hydrogen) atoms. The van der Waals surface area contributed by atoms with Crippen molar-refractivity contribution in [3.8, 4) is 0 Å². The van der Waals surface area contributed by atoms with Crippen LogP contribution in [0.2, 0.25) is 0 Å². The topological polar surface area (TPSA) is 47.9 Å². The standard InChI is InChI=1S/C9H7N.BrH.H3N/c1-2-6-9-8(4-1)5-3-7-10-9;;/h1-7H;1H;1H3. The second-order valence-corrected chi connectivity index (χ2v) is 2.20. The molecule has 64 valence electrons. The van der Waals surface area contributed by atoms with Gasteiger partial charge in [-0.05, 0) is 12.1 Å². The maximum Gasteiger partial charge on any atom is 0.0701 e. The second-order valence-electron chi connectivity index (χ2n) is 2.20. The highest BCUT2D eigenvalue weighted by Gasteiger charge is 1.86. The molecule has 0 radical (unpaired) electrons. The zero-order chi connectivity index (χ0) is 6.81. The van der Waals surface area contributed by atoms with Crippen LogP contribution in [0.25, 0.3) is 10.9 Å². The summed E-state index contributed by atoms with van der Waals surface area (Å²) in [6.45, 7) is 0. The molecule has 0 aliphatic heterocycles. The SMILES string of the molecule is Br.N.c1ccc2ncccc2c1. The van der Waals surface area contributed by atoms with Gasteiger partial charge in [0, 0.05) is 11.6 Å². The first-order valence-electron chi connectivity index (χ1n) is 3.26. The Morgan fingerprint density at radius 2 is 1.58 bits per heavy atom. The van der Waals surface area contributed by atoms with Crippen LogP contribution < -0.4 is 6.15 Å². The van der Waals surface area contributed by atoms with Gasteiger partial charge in [0.2, 0.25) is 0 Å². The maximum absolute atomic E-state index is 4.18. The number of benzene rings is 1. The van der Waals surface area contributed by atoms with Gasteiger partial charge in [0.25, 0.3) is 0 Å². The lowest BCUT2D eigenvalue weighted by atomic mass is 10.2. The monoisotopic (exact) mass is 226 g/mol. The van der Waals surface area contributed by atoms with Gasteiger partial charge in [-0.3, -0.25) is 4.98 Å². The van der Waals surface area contributed by atoms with E-state index in [2.05, 4.69) is 17.1 Å². The van der Waals surface area contributed by atoms with Gasteiger partial charge in [-0.25, -0.2) is 0 Å². The van der Waals surface area contributed by atoms with E-state index in [0.29, 0.717) is 0 Å². The molecule has 3 heteroatoms. The minimum atomic E-state index is 0. The largest absolute Gasteiger partial charge is 0.344 e. The fourth-order valence-electron chi connectivity index (χ4n) is 1.02. The molecule has 0 aliphatic carbocycles. The van der Waals surface area contributed by atoms with Gasteiger partial charge in [0.05, 0.1) is 5.52 Å². The highest BCUT2D eigenvalue weighted by molar-refractivity contribution is 8.93. The van der Waals surface area contributed by atoms with Crippen LogP contribution in [0.3, 0.4) is 0 Å². The molecule has 2 nitrogen and oxygen atoms in total. The predicted molar refractivity (Wildman–Crippen MR) is 57.1 cm³/mol. The van der Waals surface area contributed by atoms with Crippen molar-refractivity contribution in [3.63, 3.8) is 0 Å². The molecule has 0 spiro atoms. The van der Waals surface area contributed by atoms with Crippen LogP contribution in [0.1, 0.15) is 0 Å². The first-order chi connectivity index (χ1) is 4.97. The van der Waals surface area contributed by atoms with Crippen molar-refractivity contribution in [1.82, 2.24) is 11.1 Å². The maximum atomic E-state index is 4.18. The number of para-hydroxylation sites is 1. The van der Waals surface area contributed by atoms with E-state index in [1.165, 1.54) is 5.39 Å². The number of hydrogen-bond donors (Lipinski definition) is 1. The average molecular weight is 227 g/mol. The van der Waals surface area contributed by atoms with Gasteiger partial charge in [-0.2, -0.15) is 0 Å². The highest BCUT2D eigenvalue weighted by Crippen LogP contribution is 2.07. The van der Waals surface area contributed by atoms with E-state index in [1.807, 2.05) is 30.5 Å². The Morgan fingerprint density at radius 1 is 0.917 bits per heavy atom. The van der Waals surface area contributed by atoms with Crippen LogP contribution in [0.5, 0.6) is 0 Å². The molecule has 3 N–H and O–H groups in total. The number of halogens is 1. The van der Waals surface area contributed by atoms with E-state index in [1.54, 1.807) is 0 Å². The van der Waals surface area contributed by atoms with Crippen LogP contribution in [0.4, 0.5) is 0 Å². The molecule has 1 aromatic carbocycles. The molecule has 0 fully saturated rings. The van der Waals surface area contributed by atoms with Gasteiger partial charge in [-0.15, -0.1) is 17.0 Å². The van der Waals surface area contributed by atoms with Gasteiger partial charge >= 0.3 is 0 Å². The number of fused-ring (bicyclic) bond motifs is 1. The van der Waals surface area contributed by atoms with E-state index in [9.17, 15) is 0 Å². The smallest absolute Gasteiger partial charge is 0.0701 e. The van der Waals surface area contributed by atoms with E-state index < -0.39 is 0 Å². The van der Waals surface area contributed by atoms with E-state index in [4.69, 9.17) is 0 Å². The molecule has 0 unspecified atom stereocenters. The zero-order valence-electron chi connectivity index (χ0n) is 6.60. The van der Waals surface area contributed by atoms with Gasteiger partial charge in [-0.1, -0.05) is 24.3 Å². The third-order valence-electron chi connectivity index (χ3n) is 1.51. The Kier molecular flexibility index (Phi) is 4.47. The molecular formula is C9H11BrN2. The summed E-state index contributed by atoms with van der Waals surface area (Å²) in [4.78, 5) is 4.18. The van der Waals surface area contributed by atoms with Crippen LogP contribution in [-0.4, -0.2) is 4.98 Å². The highest BCUT2D eigenvalue weighted by atomic mass is 79.9. The van der Waals surface area contributed by atoms with Crippen molar-refractivity contribution in [2.75, 3.05) is 0 Å². The third kappa shape index (κ3) is 2.03. The van der Waals surface area contributed by atoms with Gasteiger partial charge in [0.1, 0.15) is 0 Å². The van der Waals surface area contributed by atoms with Crippen molar-refractivity contribution in [2.24, 2.45) is 0 Å². The van der Waals surface area contributed by atoms with Crippen LogP contribution in [-0.2, 0) is 0 Å². The normalized spacial score (nSPS) is 8.33. The average Bonchev–Trinajstić information content (AvgIpc) is 2.05. The minimum absolute atomic E-state index is 0. The van der Waals surface area contributed by atoms with Crippen LogP contribution in [0.15, 0.2) is 42.6 Å². The summed E-state index contributed by atoms with van der Waals surface area (Å²) in [7, 11) is 0. The quantitative estimate of drug-likeness (QED) is 0.751. The summed E-state index contributed by atoms with van der Waals surface area (Å²) in [5.74, 6) is 0. The Bertz CT molecular complexity index is 284. The number of rotatable bonds is 0. The molecule has 1 aromatic heterocycles. The zero-order valence-corrected chi connectivity index (χ0v) is 8.32. The summed E-state index contributed by atoms with van der Waals surface area (Å²) >= 11 is 0. The molecule has 0 saturated carbocycles. The summed E-state index contributed by atoms with van der Waals surface area (Å²) in [6.07, 6.45) is 1.81. The van der Waals surface area contributed by atoms with Crippen LogP contribution in [0, 0.1) is 0 Å². The number of aromatic nitrogens is 1. The lowest BCUT2D eigenvalue weighted by molar-refractivity contribution is 1.41. The predicted octanol–water partition coefficient (Wildman–Crippen LogP) is 2.97. The van der Waals surface area contributed by atoms with Crippen LogP contribution >= 0.6 is 17.0 Å². The summed E-state index contributed by atoms with van der Waals surface area (Å²) < 4.78 is 0. The number of pyridine rings is 1. The molecule has 1 heterocycles. The first kappa shape index (κ1) is 11.1. The van der Waals surface area contributed by atoms with E-state index >= 15 is 0 Å². The van der Waals surface area contributed by atoms with E-state index in [-0.39, 0.29) is 23.1 Å². The van der Waals surface area contributed by atoms with Crippen molar-refractivity contribution < 1.29 is 0 Å². The van der Waals surface area contributed by atoms with Gasteiger partial charge in [0.15, 0.2) is 0 Å². The Hall–Kier alpha value is -0.930. The molecule has 2 rings (SSSR count). The second kappa shape index (κ2) is 4.85. The molecule has 0 bridgehead atoms. The van der Waals surface area contributed by atoms with Gasteiger partial charge < -0.3 is 6.15 Å². The minimum Gasteiger partial charge on any atom is -0.344 e. The lowest BCUT2D eigenvalue weighted by Gasteiger charge is -1.91. The fourth-order valence-corrected chi connectivity index (χ4v) is 1.02. The molecule has 2 aromatic rings. The van der Waals surface area contributed by atoms with Crippen molar-refractivity contribution in [1.29, 1.82) is 0 Å². The fraction of sp³-hybridized carbons (Fsp3) is 0. The third-order valence-corrected chi connectivity index (χ3v) is 1.51. The number of nitrogens with zero attached hydrogens (tertiary/aromatic N) is 1. The molecular weight excluding hydrogens is 216 g/mol. The Balaban J connectivity index is 0.000000605. The Morgan fingerprint density at radius 3 is 2.33 bits per heavy atom. The molecule has 0 amide bonds. The molecule has 0 aliphatic rings. The van der Waals surface area contributed by atoms with Crippen molar-refractivity contribution in [2.45, 2.75) is 0 Å². The summed E-state index contributed by atoms with van der Waals surface area (Å²) in [5.41, 5.74) is 1.06. The van der Waals surface area contributed by atoms with E-state index in [0.717, 1.165) is 5.52 Å². The Labute approximate surface area is 82.0 Å². The summed E-state index contributed by atoms with van der Waals surface area (Å²) in [5, 5.41) is 1.20. The first-order valence-corrected chi connectivity index (χ1v) is 3.26. The van der Waals surface area contributed by atoms with Crippen molar-refractivity contribution >= 4 is 27.9 Å². The van der Waals surface area contributed by atoms with Crippen molar-refractivity contribution in [3.05, 3.63) is 42.6 Å². The summed E-state index contributed by atoms with van der Waals surface area (Å²) in [6, 6.07) is 12.1. The number of hydrogen-bond acceptors (Lipinski definition) is 2.